The number of ether oxygens (including phenoxy) is 1. The van der Waals surface area contributed by atoms with Crippen LogP contribution in [0.4, 0.5) is 5.69 Å². The standard InChI is InChI=1S/C21H24BrN3O3S/c1-4-23-19(26)14-5-8-16(9-6-14)24-21(29)25-20(27)15-7-10-18(17(22)11-15)28-12-13(2)3/h5-11,13H,4,12H2,1-3H3,(H,23,26)(H2,24,25,27,29). The minimum atomic E-state index is -0.336. The third-order valence-corrected chi connectivity index (χ3v) is 4.56. The highest BCUT2D eigenvalue weighted by molar-refractivity contribution is 9.10. The van der Waals surface area contributed by atoms with Gasteiger partial charge in [-0.15, -0.1) is 0 Å². The summed E-state index contributed by atoms with van der Waals surface area (Å²) in [5.74, 6) is 0.616. The molecule has 0 unspecified atom stereocenters. The van der Waals surface area contributed by atoms with Gasteiger partial charge in [0, 0.05) is 23.4 Å². The van der Waals surface area contributed by atoms with Crippen molar-refractivity contribution < 1.29 is 14.3 Å². The molecule has 2 rings (SSSR count). The zero-order valence-corrected chi connectivity index (χ0v) is 18.9. The van der Waals surface area contributed by atoms with E-state index in [1.54, 1.807) is 42.5 Å². The molecule has 0 spiro atoms. The molecule has 0 aliphatic carbocycles. The van der Waals surface area contributed by atoms with Gasteiger partial charge in [-0.1, -0.05) is 13.8 Å². The molecule has 154 valence electrons. The van der Waals surface area contributed by atoms with Crippen LogP contribution in [0, 0.1) is 5.92 Å². The Hall–Kier alpha value is -2.45. The predicted molar refractivity (Wildman–Crippen MR) is 123 cm³/mol. The Balaban J connectivity index is 1.94. The fraction of sp³-hybridized carbons (Fsp3) is 0.286. The van der Waals surface area contributed by atoms with Gasteiger partial charge in [0.05, 0.1) is 11.1 Å². The number of carbonyl (C=O) groups excluding carboxylic acids is 2. The van der Waals surface area contributed by atoms with Gasteiger partial charge in [0.15, 0.2) is 5.11 Å². The molecule has 0 aliphatic rings. The normalized spacial score (nSPS) is 10.4. The fourth-order valence-corrected chi connectivity index (χ4v) is 3.02. The number of anilines is 1. The van der Waals surface area contributed by atoms with Gasteiger partial charge in [-0.05, 0) is 83.5 Å². The molecule has 3 N–H and O–H groups in total. The lowest BCUT2D eigenvalue weighted by atomic mass is 10.2. The van der Waals surface area contributed by atoms with Crippen LogP contribution in [0.5, 0.6) is 5.75 Å². The second kappa shape index (κ2) is 10.9. The molecule has 2 aromatic rings. The van der Waals surface area contributed by atoms with Crippen molar-refractivity contribution in [2.75, 3.05) is 18.5 Å². The van der Waals surface area contributed by atoms with Gasteiger partial charge in [0.25, 0.3) is 11.8 Å². The number of nitrogens with one attached hydrogen (secondary N) is 3. The fourth-order valence-electron chi connectivity index (χ4n) is 2.32. The summed E-state index contributed by atoms with van der Waals surface area (Å²) < 4.78 is 6.39. The van der Waals surface area contributed by atoms with E-state index in [-0.39, 0.29) is 16.9 Å². The van der Waals surface area contributed by atoms with Gasteiger partial charge < -0.3 is 15.4 Å². The Morgan fingerprint density at radius 2 is 1.72 bits per heavy atom. The average Bonchev–Trinajstić information content (AvgIpc) is 2.67. The molecule has 0 aliphatic heterocycles. The Labute approximate surface area is 184 Å². The van der Waals surface area contributed by atoms with Crippen LogP contribution >= 0.6 is 28.1 Å². The lowest BCUT2D eigenvalue weighted by molar-refractivity contribution is 0.0953. The SMILES string of the molecule is CCNC(=O)c1ccc(NC(=S)NC(=O)c2ccc(OCC(C)C)c(Br)c2)cc1. The number of halogens is 1. The summed E-state index contributed by atoms with van der Waals surface area (Å²) in [6, 6.07) is 11.9. The first-order valence-corrected chi connectivity index (χ1v) is 10.4. The number of rotatable bonds is 7. The second-order valence-corrected chi connectivity index (χ2v) is 7.96. The molecule has 0 saturated heterocycles. The molecule has 0 bridgehead atoms. The first-order valence-electron chi connectivity index (χ1n) is 9.23. The highest BCUT2D eigenvalue weighted by atomic mass is 79.9. The van der Waals surface area contributed by atoms with Crippen molar-refractivity contribution in [3.63, 3.8) is 0 Å². The Morgan fingerprint density at radius 1 is 1.07 bits per heavy atom. The molecule has 8 heteroatoms. The predicted octanol–water partition coefficient (Wildman–Crippen LogP) is 4.36. The molecule has 0 heterocycles. The monoisotopic (exact) mass is 477 g/mol. The summed E-state index contributed by atoms with van der Waals surface area (Å²) in [5, 5.41) is 8.47. The molecule has 6 nitrogen and oxygen atoms in total. The van der Waals surface area contributed by atoms with Gasteiger partial charge in [0.1, 0.15) is 5.75 Å². The van der Waals surface area contributed by atoms with Gasteiger partial charge in [-0.25, -0.2) is 0 Å². The van der Waals surface area contributed by atoms with Crippen molar-refractivity contribution >= 4 is 50.8 Å². The molecule has 0 atom stereocenters. The molecule has 0 saturated carbocycles. The highest BCUT2D eigenvalue weighted by Crippen LogP contribution is 2.26. The quantitative estimate of drug-likeness (QED) is 0.516. The van der Waals surface area contributed by atoms with Crippen LogP contribution in [0.3, 0.4) is 0 Å². The van der Waals surface area contributed by atoms with Crippen molar-refractivity contribution in [2.45, 2.75) is 20.8 Å². The van der Waals surface area contributed by atoms with E-state index in [1.165, 1.54) is 0 Å². The van der Waals surface area contributed by atoms with Crippen molar-refractivity contribution in [1.82, 2.24) is 10.6 Å². The van der Waals surface area contributed by atoms with Crippen LogP contribution in [-0.4, -0.2) is 30.1 Å². The summed E-state index contributed by atoms with van der Waals surface area (Å²) in [4.78, 5) is 24.2. The third-order valence-electron chi connectivity index (χ3n) is 3.74. The Morgan fingerprint density at radius 3 is 2.31 bits per heavy atom. The topological polar surface area (TPSA) is 79.5 Å². The molecular formula is C21H24BrN3O3S. The molecule has 0 fully saturated rings. The Bertz CT molecular complexity index is 885. The van der Waals surface area contributed by atoms with Crippen LogP contribution in [0.2, 0.25) is 0 Å². The van der Waals surface area contributed by atoms with Crippen molar-refractivity contribution in [3.05, 3.63) is 58.1 Å². The van der Waals surface area contributed by atoms with Crippen molar-refractivity contribution in [2.24, 2.45) is 5.92 Å². The van der Waals surface area contributed by atoms with Crippen LogP contribution in [-0.2, 0) is 0 Å². The van der Waals surface area contributed by atoms with Gasteiger partial charge in [0.2, 0.25) is 0 Å². The van der Waals surface area contributed by atoms with E-state index in [2.05, 4.69) is 45.7 Å². The van der Waals surface area contributed by atoms with E-state index in [1.807, 2.05) is 6.92 Å². The maximum absolute atomic E-state index is 12.4. The minimum absolute atomic E-state index is 0.138. The first-order chi connectivity index (χ1) is 13.8. The van der Waals surface area contributed by atoms with E-state index < -0.39 is 0 Å². The lowest BCUT2D eigenvalue weighted by Crippen LogP contribution is -2.34. The van der Waals surface area contributed by atoms with E-state index in [0.717, 1.165) is 0 Å². The maximum atomic E-state index is 12.4. The number of thiocarbonyl (C=S) groups is 1. The molecule has 0 aromatic heterocycles. The van der Waals surface area contributed by atoms with Gasteiger partial charge >= 0.3 is 0 Å². The maximum Gasteiger partial charge on any atom is 0.257 e. The number of hydrogen-bond acceptors (Lipinski definition) is 4. The van der Waals surface area contributed by atoms with Crippen LogP contribution in [0.25, 0.3) is 0 Å². The van der Waals surface area contributed by atoms with Crippen LogP contribution < -0.4 is 20.7 Å². The average molecular weight is 478 g/mol. The summed E-state index contributed by atoms with van der Waals surface area (Å²) in [5.41, 5.74) is 1.67. The smallest absolute Gasteiger partial charge is 0.257 e. The molecule has 2 amide bonds. The number of hydrogen-bond donors (Lipinski definition) is 3. The molecule has 0 radical (unpaired) electrons. The summed E-state index contributed by atoms with van der Waals surface area (Å²) in [6.07, 6.45) is 0. The molecule has 29 heavy (non-hydrogen) atoms. The van der Waals surface area contributed by atoms with Gasteiger partial charge in [-0.3, -0.25) is 14.9 Å². The van der Waals surface area contributed by atoms with E-state index in [4.69, 9.17) is 17.0 Å². The van der Waals surface area contributed by atoms with E-state index in [0.29, 0.717) is 46.1 Å². The largest absolute Gasteiger partial charge is 0.492 e. The van der Waals surface area contributed by atoms with E-state index >= 15 is 0 Å². The minimum Gasteiger partial charge on any atom is -0.492 e. The van der Waals surface area contributed by atoms with Gasteiger partial charge in [-0.2, -0.15) is 0 Å². The lowest BCUT2D eigenvalue weighted by Gasteiger charge is -2.13. The third kappa shape index (κ3) is 7.14. The summed E-state index contributed by atoms with van der Waals surface area (Å²) >= 11 is 8.64. The second-order valence-electron chi connectivity index (χ2n) is 6.70. The number of benzene rings is 2. The summed E-state index contributed by atoms with van der Waals surface area (Å²) in [6.45, 7) is 7.15. The number of carbonyl (C=O) groups is 2. The zero-order valence-electron chi connectivity index (χ0n) is 16.5. The van der Waals surface area contributed by atoms with Crippen LogP contribution in [0.1, 0.15) is 41.5 Å². The molecular weight excluding hydrogens is 454 g/mol. The van der Waals surface area contributed by atoms with Crippen molar-refractivity contribution in [3.8, 4) is 5.75 Å². The summed E-state index contributed by atoms with van der Waals surface area (Å²) in [7, 11) is 0. The van der Waals surface area contributed by atoms with Crippen LogP contribution in [0.15, 0.2) is 46.9 Å². The van der Waals surface area contributed by atoms with Crippen molar-refractivity contribution in [1.29, 1.82) is 0 Å². The zero-order chi connectivity index (χ0) is 21.4. The molecule has 2 aromatic carbocycles. The Kier molecular flexibility index (Phi) is 8.60. The number of amides is 2. The highest BCUT2D eigenvalue weighted by Gasteiger charge is 2.12. The van der Waals surface area contributed by atoms with E-state index in [9.17, 15) is 9.59 Å². The first kappa shape index (κ1) is 22.8.